The molecular formula is C15H33IN4O. The van der Waals surface area contributed by atoms with Gasteiger partial charge >= 0.3 is 0 Å². The smallest absolute Gasteiger partial charge is 0.243 e. The molecule has 0 radical (unpaired) electrons. The molecule has 5 nitrogen and oxygen atoms in total. The zero-order chi connectivity index (χ0) is 15.4. The molecule has 0 aromatic carbocycles. The minimum atomic E-state index is 0. The maximum absolute atomic E-state index is 11.6. The summed E-state index contributed by atoms with van der Waals surface area (Å²) in [5, 5.41) is 6.57. The van der Waals surface area contributed by atoms with Crippen molar-refractivity contribution in [2.75, 3.05) is 33.7 Å². The molecule has 21 heavy (non-hydrogen) atoms. The Labute approximate surface area is 147 Å². The van der Waals surface area contributed by atoms with E-state index >= 15 is 0 Å². The number of halogens is 1. The number of nitrogens with zero attached hydrogens (tertiary/aromatic N) is 2. The van der Waals surface area contributed by atoms with Crippen molar-refractivity contribution in [2.24, 2.45) is 10.9 Å². The molecule has 0 atom stereocenters. The number of likely N-dealkylation sites (N-methyl/N-ethyl adjacent to an activating group) is 1. The van der Waals surface area contributed by atoms with Gasteiger partial charge in [0.1, 0.15) is 6.54 Å². The summed E-state index contributed by atoms with van der Waals surface area (Å²) >= 11 is 0. The number of aliphatic imine (C=N–C) groups is 1. The number of rotatable bonds is 9. The van der Waals surface area contributed by atoms with Crippen molar-refractivity contribution >= 4 is 35.8 Å². The Hall–Kier alpha value is -0.530. The van der Waals surface area contributed by atoms with E-state index < -0.39 is 0 Å². The Morgan fingerprint density at radius 2 is 1.71 bits per heavy atom. The standard InChI is InChI=1S/C15H32N4O.HI/c1-6-7-10-16-15(17-11-8-9-13(2)3)18-12-14(20)19(4)5;/h13H,6-12H2,1-5H3,(H2,16,17,18);1H. The zero-order valence-electron chi connectivity index (χ0n) is 14.2. The maximum Gasteiger partial charge on any atom is 0.243 e. The van der Waals surface area contributed by atoms with Crippen LogP contribution in [0.15, 0.2) is 4.99 Å². The van der Waals surface area contributed by atoms with Crippen LogP contribution < -0.4 is 10.6 Å². The average Bonchev–Trinajstić information content (AvgIpc) is 2.39. The van der Waals surface area contributed by atoms with Crippen molar-refractivity contribution in [1.29, 1.82) is 0 Å². The van der Waals surface area contributed by atoms with Gasteiger partial charge in [0.15, 0.2) is 5.96 Å². The SMILES string of the molecule is CCCCNC(=NCC(=O)N(C)C)NCCCC(C)C.I. The fourth-order valence-electron chi connectivity index (χ4n) is 1.56. The van der Waals surface area contributed by atoms with Crippen molar-refractivity contribution in [1.82, 2.24) is 15.5 Å². The molecule has 0 rings (SSSR count). The number of hydrogen-bond acceptors (Lipinski definition) is 2. The van der Waals surface area contributed by atoms with Gasteiger partial charge in [-0.2, -0.15) is 0 Å². The van der Waals surface area contributed by atoms with E-state index in [1.165, 1.54) is 6.42 Å². The largest absolute Gasteiger partial charge is 0.356 e. The Morgan fingerprint density at radius 3 is 2.19 bits per heavy atom. The van der Waals surface area contributed by atoms with Gasteiger partial charge in [-0.3, -0.25) is 4.79 Å². The van der Waals surface area contributed by atoms with Gasteiger partial charge in [0.25, 0.3) is 0 Å². The summed E-state index contributed by atoms with van der Waals surface area (Å²) < 4.78 is 0. The van der Waals surface area contributed by atoms with Gasteiger partial charge in [-0.25, -0.2) is 4.99 Å². The van der Waals surface area contributed by atoms with Gasteiger partial charge in [-0.1, -0.05) is 27.2 Å². The lowest BCUT2D eigenvalue weighted by molar-refractivity contribution is -0.127. The first-order chi connectivity index (χ1) is 9.47. The number of carbonyl (C=O) groups excluding carboxylic acids is 1. The lowest BCUT2D eigenvalue weighted by Gasteiger charge is -2.14. The first kappa shape index (κ1) is 22.7. The first-order valence-corrected chi connectivity index (χ1v) is 7.69. The third kappa shape index (κ3) is 14.2. The van der Waals surface area contributed by atoms with E-state index in [2.05, 4.69) is 36.4 Å². The molecule has 0 spiro atoms. The minimum absolute atomic E-state index is 0. The van der Waals surface area contributed by atoms with E-state index in [0.717, 1.165) is 44.2 Å². The van der Waals surface area contributed by atoms with Crippen LogP contribution in [0.1, 0.15) is 46.5 Å². The maximum atomic E-state index is 11.6. The fourth-order valence-corrected chi connectivity index (χ4v) is 1.56. The van der Waals surface area contributed by atoms with Gasteiger partial charge < -0.3 is 15.5 Å². The van der Waals surface area contributed by atoms with Crippen LogP contribution in [0.25, 0.3) is 0 Å². The predicted octanol–water partition coefficient (Wildman–Crippen LogP) is 2.46. The number of amides is 1. The monoisotopic (exact) mass is 412 g/mol. The van der Waals surface area contributed by atoms with Crippen molar-refractivity contribution in [2.45, 2.75) is 46.5 Å². The summed E-state index contributed by atoms with van der Waals surface area (Å²) in [5.41, 5.74) is 0. The topological polar surface area (TPSA) is 56.7 Å². The van der Waals surface area contributed by atoms with Crippen molar-refractivity contribution in [3.8, 4) is 0 Å². The minimum Gasteiger partial charge on any atom is -0.356 e. The summed E-state index contributed by atoms with van der Waals surface area (Å²) in [6.45, 7) is 8.59. The van der Waals surface area contributed by atoms with Crippen LogP contribution in [0.5, 0.6) is 0 Å². The normalized spacial score (nSPS) is 11.0. The number of nitrogens with one attached hydrogen (secondary N) is 2. The molecule has 0 saturated heterocycles. The summed E-state index contributed by atoms with van der Waals surface area (Å²) in [6.07, 6.45) is 4.57. The van der Waals surface area contributed by atoms with Gasteiger partial charge in [0.05, 0.1) is 0 Å². The fraction of sp³-hybridized carbons (Fsp3) is 0.867. The molecule has 2 N–H and O–H groups in total. The van der Waals surface area contributed by atoms with Crippen LogP contribution in [-0.4, -0.2) is 50.5 Å². The zero-order valence-corrected chi connectivity index (χ0v) is 16.6. The highest BCUT2D eigenvalue weighted by Crippen LogP contribution is 2.01. The summed E-state index contributed by atoms with van der Waals surface area (Å²) in [6, 6.07) is 0. The molecule has 0 bridgehead atoms. The molecule has 0 aromatic rings. The molecule has 0 aliphatic carbocycles. The van der Waals surface area contributed by atoms with Crippen LogP contribution in [0.3, 0.4) is 0 Å². The van der Waals surface area contributed by atoms with E-state index in [9.17, 15) is 4.79 Å². The number of hydrogen-bond donors (Lipinski definition) is 2. The average molecular weight is 412 g/mol. The van der Waals surface area contributed by atoms with E-state index in [1.807, 2.05) is 0 Å². The molecule has 6 heteroatoms. The lowest BCUT2D eigenvalue weighted by Crippen LogP contribution is -2.39. The lowest BCUT2D eigenvalue weighted by atomic mass is 10.1. The van der Waals surface area contributed by atoms with E-state index in [-0.39, 0.29) is 36.4 Å². The highest BCUT2D eigenvalue weighted by molar-refractivity contribution is 14.0. The Kier molecular flexibility index (Phi) is 15.6. The highest BCUT2D eigenvalue weighted by atomic mass is 127. The van der Waals surface area contributed by atoms with Crippen LogP contribution >= 0.6 is 24.0 Å². The first-order valence-electron chi connectivity index (χ1n) is 7.69. The van der Waals surface area contributed by atoms with Crippen LogP contribution in [0.2, 0.25) is 0 Å². The van der Waals surface area contributed by atoms with Crippen molar-refractivity contribution < 1.29 is 4.79 Å². The van der Waals surface area contributed by atoms with Gasteiger partial charge in [0.2, 0.25) is 5.91 Å². The van der Waals surface area contributed by atoms with Gasteiger partial charge in [-0.05, 0) is 25.2 Å². The van der Waals surface area contributed by atoms with Crippen LogP contribution in [0.4, 0.5) is 0 Å². The predicted molar refractivity (Wildman–Crippen MR) is 101 cm³/mol. The molecule has 0 aromatic heterocycles. The molecule has 0 aliphatic rings. The quantitative estimate of drug-likeness (QED) is 0.265. The molecule has 1 amide bonds. The Bertz CT molecular complexity index is 293. The third-order valence-electron chi connectivity index (χ3n) is 2.94. The molecular weight excluding hydrogens is 379 g/mol. The molecule has 0 unspecified atom stereocenters. The van der Waals surface area contributed by atoms with E-state index in [4.69, 9.17) is 0 Å². The second kappa shape index (κ2) is 14.4. The molecule has 126 valence electrons. The number of guanidine groups is 1. The van der Waals surface area contributed by atoms with Gasteiger partial charge in [-0.15, -0.1) is 24.0 Å². The summed E-state index contributed by atoms with van der Waals surface area (Å²) in [4.78, 5) is 17.5. The number of carbonyl (C=O) groups is 1. The molecule has 0 heterocycles. The molecule has 0 aliphatic heterocycles. The van der Waals surface area contributed by atoms with E-state index in [1.54, 1.807) is 19.0 Å². The second-order valence-electron chi connectivity index (χ2n) is 5.70. The van der Waals surface area contributed by atoms with E-state index in [0.29, 0.717) is 0 Å². The second-order valence-corrected chi connectivity index (χ2v) is 5.70. The van der Waals surface area contributed by atoms with Crippen molar-refractivity contribution in [3.05, 3.63) is 0 Å². The van der Waals surface area contributed by atoms with Gasteiger partial charge in [0, 0.05) is 27.2 Å². The van der Waals surface area contributed by atoms with Crippen LogP contribution in [-0.2, 0) is 4.79 Å². The van der Waals surface area contributed by atoms with Crippen molar-refractivity contribution in [3.63, 3.8) is 0 Å². The highest BCUT2D eigenvalue weighted by Gasteiger charge is 2.04. The Balaban J connectivity index is 0. The number of unbranched alkanes of at least 4 members (excludes halogenated alkanes) is 1. The Morgan fingerprint density at radius 1 is 1.14 bits per heavy atom. The summed E-state index contributed by atoms with van der Waals surface area (Å²) in [7, 11) is 3.50. The summed E-state index contributed by atoms with van der Waals surface area (Å²) in [5.74, 6) is 1.49. The third-order valence-corrected chi connectivity index (χ3v) is 2.94. The van der Waals surface area contributed by atoms with Crippen LogP contribution in [0, 0.1) is 5.92 Å². The molecule has 0 fully saturated rings. The molecule has 0 saturated carbocycles.